The molecule has 2 aliphatic carbocycles. The summed E-state index contributed by atoms with van der Waals surface area (Å²) in [5.74, 6) is -5.38. The molecule has 0 spiro atoms. The lowest BCUT2D eigenvalue weighted by molar-refractivity contribution is -0.113. The number of rotatable bonds is 7. The molecule has 3 aromatic rings. The third-order valence-corrected chi connectivity index (χ3v) is 7.44. The third-order valence-electron chi connectivity index (χ3n) is 7.44. The van der Waals surface area contributed by atoms with Crippen LogP contribution in [0.25, 0.3) is 17.2 Å². The quantitative estimate of drug-likeness (QED) is 0.432. The van der Waals surface area contributed by atoms with Crippen LogP contribution in [0, 0.1) is 17.1 Å². The molecule has 1 saturated heterocycles. The van der Waals surface area contributed by atoms with Gasteiger partial charge in [-0.3, -0.25) is 14.4 Å². The Balaban J connectivity index is 1.41. The zero-order chi connectivity index (χ0) is 29.1. The summed E-state index contributed by atoms with van der Waals surface area (Å²) in [6.07, 6.45) is 6.52. The van der Waals surface area contributed by atoms with Crippen LogP contribution in [-0.2, 0) is 0 Å². The third kappa shape index (κ3) is 5.13. The minimum atomic E-state index is -3.03. The van der Waals surface area contributed by atoms with Crippen LogP contribution in [0.15, 0.2) is 47.9 Å². The summed E-state index contributed by atoms with van der Waals surface area (Å²) in [4.78, 5) is 45.0. The standard InChI is InChI=1S/C30H24F3N5O3/c1-2-16-7-22(29(41)38(13-16)20-5-6-20)27(39)36-25-11-19(10-24(35-25)18-3-4-18)26-21(8-17(12-34)9-23(26)31)28(40)37-14-30(32,33)15-37/h2,7-11,13,18,20H,1,3-6,14-15H2,(H,35,36,39). The van der Waals surface area contributed by atoms with Crippen LogP contribution in [0.1, 0.15) is 75.2 Å². The number of hydrogen-bond acceptors (Lipinski definition) is 5. The number of carbonyl (C=O) groups is 2. The van der Waals surface area contributed by atoms with E-state index < -0.39 is 42.2 Å². The highest BCUT2D eigenvalue weighted by molar-refractivity contribution is 6.05. The Morgan fingerprint density at radius 1 is 1.10 bits per heavy atom. The summed E-state index contributed by atoms with van der Waals surface area (Å²) in [6, 6.07) is 8.36. The number of amides is 2. The molecule has 0 bridgehead atoms. The number of halogens is 3. The maximum absolute atomic E-state index is 15.5. The van der Waals surface area contributed by atoms with E-state index in [0.29, 0.717) is 11.3 Å². The van der Waals surface area contributed by atoms with Gasteiger partial charge in [0.2, 0.25) is 0 Å². The van der Waals surface area contributed by atoms with E-state index in [2.05, 4.69) is 16.9 Å². The number of carbonyl (C=O) groups excluding carboxylic acids is 2. The second-order valence-corrected chi connectivity index (χ2v) is 10.7. The minimum absolute atomic E-state index is 0.0264. The first-order valence-corrected chi connectivity index (χ1v) is 13.2. The van der Waals surface area contributed by atoms with Gasteiger partial charge < -0.3 is 14.8 Å². The Kier molecular flexibility index (Phi) is 6.29. The molecular formula is C30H24F3N5O3. The summed E-state index contributed by atoms with van der Waals surface area (Å²) >= 11 is 0. The van der Waals surface area contributed by atoms with Crippen LogP contribution in [0.5, 0.6) is 0 Å². The van der Waals surface area contributed by atoms with Crippen LogP contribution in [0.4, 0.5) is 19.0 Å². The second kappa shape index (κ2) is 9.73. The highest BCUT2D eigenvalue weighted by Crippen LogP contribution is 2.42. The molecule has 3 aliphatic rings. The Morgan fingerprint density at radius 2 is 1.83 bits per heavy atom. The number of likely N-dealkylation sites (tertiary alicyclic amines) is 1. The van der Waals surface area contributed by atoms with E-state index >= 15 is 4.39 Å². The van der Waals surface area contributed by atoms with Crippen molar-refractivity contribution in [3.05, 3.63) is 87.2 Å². The predicted molar refractivity (Wildman–Crippen MR) is 144 cm³/mol. The highest BCUT2D eigenvalue weighted by Gasteiger charge is 2.47. The SMILES string of the molecule is C=Cc1cc(C(=O)Nc2cc(-c3c(F)cc(C#N)cc3C(=O)N3CC(F)(F)C3)cc(C3CC3)n2)c(=O)n(C2CC2)c1. The van der Waals surface area contributed by atoms with E-state index in [0.717, 1.165) is 36.6 Å². The van der Waals surface area contributed by atoms with Gasteiger partial charge in [-0.15, -0.1) is 0 Å². The Bertz CT molecular complexity index is 1730. The van der Waals surface area contributed by atoms with Gasteiger partial charge in [-0.25, -0.2) is 18.2 Å². The van der Waals surface area contributed by atoms with Gasteiger partial charge in [0.05, 0.1) is 30.3 Å². The molecule has 1 N–H and O–H groups in total. The van der Waals surface area contributed by atoms with Crippen LogP contribution < -0.4 is 10.9 Å². The number of alkyl halides is 2. The van der Waals surface area contributed by atoms with Gasteiger partial charge >= 0.3 is 0 Å². The van der Waals surface area contributed by atoms with E-state index in [1.807, 2.05) is 0 Å². The number of benzene rings is 1. The lowest BCUT2D eigenvalue weighted by atomic mass is 9.94. The zero-order valence-corrected chi connectivity index (χ0v) is 21.8. The molecule has 2 amide bonds. The average Bonchev–Trinajstić information content (AvgIpc) is 3.84. The number of nitriles is 1. The number of pyridine rings is 2. The van der Waals surface area contributed by atoms with Crippen molar-refractivity contribution in [1.82, 2.24) is 14.5 Å². The summed E-state index contributed by atoms with van der Waals surface area (Å²) < 4.78 is 44.1. The van der Waals surface area contributed by atoms with Crippen molar-refractivity contribution in [3.63, 3.8) is 0 Å². The summed E-state index contributed by atoms with van der Waals surface area (Å²) in [6.45, 7) is 2.12. The van der Waals surface area contributed by atoms with Gasteiger partial charge in [0, 0.05) is 29.4 Å². The second-order valence-electron chi connectivity index (χ2n) is 10.7. The Hall–Kier alpha value is -4.72. The van der Waals surface area contributed by atoms with E-state index in [1.54, 1.807) is 24.4 Å². The molecule has 208 valence electrons. The molecule has 0 radical (unpaired) electrons. The predicted octanol–water partition coefficient (Wildman–Crippen LogP) is 5.12. The first-order chi connectivity index (χ1) is 19.6. The molecule has 2 aromatic heterocycles. The molecule has 3 heterocycles. The zero-order valence-electron chi connectivity index (χ0n) is 21.8. The molecule has 6 rings (SSSR count). The van der Waals surface area contributed by atoms with Gasteiger partial charge in [-0.2, -0.15) is 5.26 Å². The fourth-order valence-electron chi connectivity index (χ4n) is 5.01. The number of nitrogens with zero attached hydrogens (tertiary/aromatic N) is 4. The van der Waals surface area contributed by atoms with Crippen LogP contribution >= 0.6 is 0 Å². The summed E-state index contributed by atoms with van der Waals surface area (Å²) in [7, 11) is 0. The van der Waals surface area contributed by atoms with Crippen molar-refractivity contribution in [2.45, 2.75) is 43.6 Å². The van der Waals surface area contributed by atoms with Gasteiger partial charge in [-0.05, 0) is 67.1 Å². The maximum atomic E-state index is 15.5. The molecule has 8 nitrogen and oxygen atoms in total. The Morgan fingerprint density at radius 3 is 2.44 bits per heavy atom. The Labute approximate surface area is 232 Å². The largest absolute Gasteiger partial charge is 0.326 e. The van der Waals surface area contributed by atoms with Crippen molar-refractivity contribution in [3.8, 4) is 17.2 Å². The smallest absolute Gasteiger partial charge is 0.282 e. The van der Waals surface area contributed by atoms with E-state index in [-0.39, 0.29) is 45.6 Å². The van der Waals surface area contributed by atoms with Crippen LogP contribution in [0.3, 0.4) is 0 Å². The minimum Gasteiger partial charge on any atom is -0.326 e. The lowest BCUT2D eigenvalue weighted by Gasteiger charge is -2.39. The summed E-state index contributed by atoms with van der Waals surface area (Å²) in [5.41, 5.74) is 0.209. The fraction of sp³-hybridized carbons (Fsp3) is 0.300. The molecule has 2 saturated carbocycles. The molecule has 0 unspecified atom stereocenters. The van der Waals surface area contributed by atoms with E-state index in [1.165, 1.54) is 22.8 Å². The number of hydrogen-bond donors (Lipinski definition) is 1. The highest BCUT2D eigenvalue weighted by atomic mass is 19.3. The van der Waals surface area contributed by atoms with Gasteiger partial charge in [0.15, 0.2) is 0 Å². The van der Waals surface area contributed by atoms with E-state index in [4.69, 9.17) is 0 Å². The molecule has 41 heavy (non-hydrogen) atoms. The van der Waals surface area contributed by atoms with E-state index in [9.17, 15) is 28.4 Å². The van der Waals surface area contributed by atoms with Crippen LogP contribution in [0.2, 0.25) is 0 Å². The molecule has 3 fully saturated rings. The molecule has 1 aliphatic heterocycles. The van der Waals surface area contributed by atoms with Crippen molar-refractivity contribution < 1.29 is 22.8 Å². The van der Waals surface area contributed by atoms with Gasteiger partial charge in [0.1, 0.15) is 17.2 Å². The topological polar surface area (TPSA) is 108 Å². The monoisotopic (exact) mass is 559 g/mol. The van der Waals surface area contributed by atoms with Crippen molar-refractivity contribution in [2.75, 3.05) is 18.4 Å². The van der Waals surface area contributed by atoms with Gasteiger partial charge in [0.25, 0.3) is 23.3 Å². The summed E-state index contributed by atoms with van der Waals surface area (Å²) in [5, 5.41) is 12.0. The van der Waals surface area contributed by atoms with Gasteiger partial charge in [-0.1, -0.05) is 12.7 Å². The van der Waals surface area contributed by atoms with Crippen molar-refractivity contribution >= 4 is 23.7 Å². The van der Waals surface area contributed by atoms with Crippen LogP contribution in [-0.4, -0.2) is 45.3 Å². The first kappa shape index (κ1) is 26.5. The fourth-order valence-corrected chi connectivity index (χ4v) is 5.01. The average molecular weight is 560 g/mol. The van der Waals surface area contributed by atoms with Crippen molar-refractivity contribution in [2.24, 2.45) is 0 Å². The molecule has 0 atom stereocenters. The maximum Gasteiger partial charge on any atom is 0.282 e. The first-order valence-electron chi connectivity index (χ1n) is 13.2. The molecule has 11 heteroatoms. The molecule has 1 aromatic carbocycles. The lowest BCUT2D eigenvalue weighted by Crippen LogP contribution is -2.58. The number of anilines is 1. The number of aromatic nitrogens is 2. The number of nitrogens with one attached hydrogen (secondary N) is 1. The normalized spacial score (nSPS) is 17.4. The van der Waals surface area contributed by atoms with Crippen molar-refractivity contribution in [1.29, 1.82) is 5.26 Å². The molecular weight excluding hydrogens is 535 g/mol.